The second-order valence-corrected chi connectivity index (χ2v) is 3.62. The highest BCUT2D eigenvalue weighted by Crippen LogP contribution is 2.14. The van der Waals surface area contributed by atoms with Gasteiger partial charge in [0.15, 0.2) is 6.04 Å². The highest BCUT2D eigenvalue weighted by molar-refractivity contribution is 5.96. The van der Waals surface area contributed by atoms with E-state index in [2.05, 4.69) is 9.73 Å². The van der Waals surface area contributed by atoms with Gasteiger partial charge in [0.05, 0.1) is 13.7 Å². The number of hydrogen-bond acceptors (Lipinski definition) is 4. The van der Waals surface area contributed by atoms with Crippen molar-refractivity contribution in [2.75, 3.05) is 13.7 Å². The molecule has 1 aliphatic rings. The van der Waals surface area contributed by atoms with Crippen LogP contribution in [0.3, 0.4) is 0 Å². The van der Waals surface area contributed by atoms with E-state index in [1.807, 2.05) is 0 Å². The fraction of sp³-hybridized carbons (Fsp3) is 0.333. The summed E-state index contributed by atoms with van der Waals surface area (Å²) >= 11 is 0. The molecule has 1 aromatic rings. The Morgan fingerprint density at radius 3 is 3.12 bits per heavy atom. The van der Waals surface area contributed by atoms with E-state index < -0.39 is 12.0 Å². The van der Waals surface area contributed by atoms with Crippen molar-refractivity contribution in [1.29, 1.82) is 0 Å². The van der Waals surface area contributed by atoms with E-state index in [4.69, 9.17) is 4.74 Å². The van der Waals surface area contributed by atoms with Gasteiger partial charge in [-0.1, -0.05) is 6.07 Å². The molecule has 0 bridgehead atoms. The van der Waals surface area contributed by atoms with Crippen LogP contribution in [0.1, 0.15) is 12.0 Å². The number of hydrogen-bond donors (Lipinski definition) is 0. The summed E-state index contributed by atoms with van der Waals surface area (Å²) in [5, 5.41) is 0. The molecule has 0 aromatic heterocycles. The molecule has 1 aliphatic heterocycles. The lowest BCUT2D eigenvalue weighted by atomic mass is 10.1. The zero-order valence-electron chi connectivity index (χ0n) is 9.35. The summed E-state index contributed by atoms with van der Waals surface area (Å²) in [6.07, 6.45) is 0.478. The molecule has 0 saturated heterocycles. The molecule has 1 aromatic carbocycles. The smallest absolute Gasteiger partial charge is 0.330 e. The molecule has 5 heteroatoms. The van der Waals surface area contributed by atoms with E-state index in [1.54, 1.807) is 12.1 Å². The van der Waals surface area contributed by atoms with Gasteiger partial charge in [-0.3, -0.25) is 0 Å². The summed E-state index contributed by atoms with van der Waals surface area (Å²) in [5.74, 6) is -0.484. The van der Waals surface area contributed by atoms with Gasteiger partial charge in [0.25, 0.3) is 0 Å². The van der Waals surface area contributed by atoms with Crippen LogP contribution in [0.15, 0.2) is 29.3 Å². The molecule has 0 spiro atoms. The van der Waals surface area contributed by atoms with Gasteiger partial charge in [0.2, 0.25) is 5.90 Å². The molecule has 0 radical (unpaired) electrons. The Balaban J connectivity index is 2.26. The van der Waals surface area contributed by atoms with Crippen molar-refractivity contribution in [3.8, 4) is 0 Å². The van der Waals surface area contributed by atoms with Crippen LogP contribution in [0, 0.1) is 5.82 Å². The molecular weight excluding hydrogens is 225 g/mol. The maximum Gasteiger partial charge on any atom is 0.330 e. The van der Waals surface area contributed by atoms with Gasteiger partial charge >= 0.3 is 5.97 Å². The summed E-state index contributed by atoms with van der Waals surface area (Å²) < 4.78 is 23.0. The predicted octanol–water partition coefficient (Wildman–Crippen LogP) is 1.53. The number of carbonyl (C=O) groups excluding carboxylic acids is 1. The number of esters is 1. The first-order chi connectivity index (χ1) is 8.20. The third kappa shape index (κ3) is 2.61. The van der Waals surface area contributed by atoms with Gasteiger partial charge < -0.3 is 9.47 Å². The van der Waals surface area contributed by atoms with E-state index in [-0.39, 0.29) is 11.7 Å². The van der Waals surface area contributed by atoms with Crippen LogP contribution in [0.2, 0.25) is 0 Å². The van der Waals surface area contributed by atoms with Gasteiger partial charge in [0.1, 0.15) is 5.82 Å². The van der Waals surface area contributed by atoms with E-state index >= 15 is 0 Å². The number of aliphatic imine (C=N–C) groups is 1. The summed E-state index contributed by atoms with van der Waals surface area (Å²) in [5.41, 5.74) is 0.526. The zero-order valence-corrected chi connectivity index (χ0v) is 9.35. The minimum atomic E-state index is -0.563. The standard InChI is InChI=1S/C12H12FNO3/c1-16-12(15)10-5-6-17-11(14-10)8-3-2-4-9(13)7-8/h2-4,7,10H,5-6H2,1H3. The SMILES string of the molecule is COC(=O)C1CCOC(c2cccc(F)c2)=N1. The molecule has 0 aliphatic carbocycles. The van der Waals surface area contributed by atoms with Crippen LogP contribution in [-0.2, 0) is 14.3 Å². The minimum Gasteiger partial charge on any atom is -0.477 e. The lowest BCUT2D eigenvalue weighted by Crippen LogP contribution is -2.29. The molecule has 0 N–H and O–H groups in total. The number of methoxy groups -OCH3 is 1. The second kappa shape index (κ2) is 4.95. The minimum absolute atomic E-state index is 0.283. The molecule has 0 saturated carbocycles. The molecule has 17 heavy (non-hydrogen) atoms. The number of carbonyl (C=O) groups is 1. The first kappa shape index (κ1) is 11.6. The number of nitrogens with zero attached hydrogens (tertiary/aromatic N) is 1. The molecule has 4 nitrogen and oxygen atoms in total. The number of benzene rings is 1. The number of halogens is 1. The highest BCUT2D eigenvalue weighted by Gasteiger charge is 2.24. The lowest BCUT2D eigenvalue weighted by Gasteiger charge is -2.19. The first-order valence-electron chi connectivity index (χ1n) is 5.25. The average Bonchev–Trinajstić information content (AvgIpc) is 2.38. The summed E-state index contributed by atoms with van der Waals surface area (Å²) in [7, 11) is 1.31. The molecule has 1 heterocycles. The molecule has 2 rings (SSSR count). The lowest BCUT2D eigenvalue weighted by molar-refractivity contribution is -0.142. The Labute approximate surface area is 98.1 Å². The second-order valence-electron chi connectivity index (χ2n) is 3.62. The Morgan fingerprint density at radius 2 is 2.41 bits per heavy atom. The normalized spacial score (nSPS) is 19.2. The topological polar surface area (TPSA) is 47.9 Å². The number of rotatable bonds is 2. The van der Waals surface area contributed by atoms with Crippen molar-refractivity contribution >= 4 is 11.9 Å². The maximum atomic E-state index is 13.0. The van der Waals surface area contributed by atoms with Crippen molar-refractivity contribution in [3.05, 3.63) is 35.6 Å². The molecule has 1 unspecified atom stereocenters. The van der Waals surface area contributed by atoms with E-state index in [1.165, 1.54) is 19.2 Å². The van der Waals surface area contributed by atoms with Crippen LogP contribution in [-0.4, -0.2) is 31.6 Å². The average molecular weight is 237 g/mol. The van der Waals surface area contributed by atoms with Crippen LogP contribution in [0.5, 0.6) is 0 Å². The highest BCUT2D eigenvalue weighted by atomic mass is 19.1. The van der Waals surface area contributed by atoms with Crippen molar-refractivity contribution in [1.82, 2.24) is 0 Å². The molecular formula is C12H12FNO3. The molecule has 1 atom stereocenters. The molecule has 0 fully saturated rings. The third-order valence-electron chi connectivity index (χ3n) is 2.45. The third-order valence-corrected chi connectivity index (χ3v) is 2.45. The van der Waals surface area contributed by atoms with Crippen molar-refractivity contribution in [2.24, 2.45) is 4.99 Å². The Hall–Kier alpha value is -1.91. The monoisotopic (exact) mass is 237 g/mol. The summed E-state index contributed by atoms with van der Waals surface area (Å²) in [6.45, 7) is 0.370. The van der Waals surface area contributed by atoms with Gasteiger partial charge in [-0.05, 0) is 18.2 Å². The van der Waals surface area contributed by atoms with E-state index in [0.29, 0.717) is 18.6 Å². The Morgan fingerprint density at radius 1 is 1.59 bits per heavy atom. The fourth-order valence-electron chi connectivity index (χ4n) is 1.60. The van der Waals surface area contributed by atoms with Gasteiger partial charge in [-0.2, -0.15) is 0 Å². The quantitative estimate of drug-likeness (QED) is 0.733. The first-order valence-corrected chi connectivity index (χ1v) is 5.25. The number of ether oxygens (including phenoxy) is 2. The van der Waals surface area contributed by atoms with Crippen LogP contribution in [0.4, 0.5) is 4.39 Å². The Bertz CT molecular complexity index is 459. The fourth-order valence-corrected chi connectivity index (χ4v) is 1.60. The van der Waals surface area contributed by atoms with Gasteiger partial charge in [0, 0.05) is 12.0 Å². The van der Waals surface area contributed by atoms with Crippen molar-refractivity contribution in [2.45, 2.75) is 12.5 Å². The van der Waals surface area contributed by atoms with E-state index in [9.17, 15) is 9.18 Å². The van der Waals surface area contributed by atoms with Crippen molar-refractivity contribution < 1.29 is 18.7 Å². The molecule has 90 valence electrons. The maximum absolute atomic E-state index is 13.0. The Kier molecular flexibility index (Phi) is 3.37. The summed E-state index contributed by atoms with van der Waals surface area (Å²) in [6, 6.07) is 5.34. The molecule has 0 amide bonds. The van der Waals surface area contributed by atoms with Crippen LogP contribution < -0.4 is 0 Å². The van der Waals surface area contributed by atoms with Gasteiger partial charge in [-0.25, -0.2) is 14.2 Å². The largest absolute Gasteiger partial charge is 0.477 e. The van der Waals surface area contributed by atoms with Crippen LogP contribution >= 0.6 is 0 Å². The summed E-state index contributed by atoms with van der Waals surface area (Å²) in [4.78, 5) is 15.5. The van der Waals surface area contributed by atoms with Crippen molar-refractivity contribution in [3.63, 3.8) is 0 Å². The van der Waals surface area contributed by atoms with E-state index in [0.717, 1.165) is 0 Å². The van der Waals surface area contributed by atoms with Gasteiger partial charge in [-0.15, -0.1) is 0 Å². The predicted molar refractivity (Wildman–Crippen MR) is 59.3 cm³/mol. The zero-order chi connectivity index (χ0) is 12.3. The van der Waals surface area contributed by atoms with Crippen LogP contribution in [0.25, 0.3) is 0 Å².